The van der Waals surface area contributed by atoms with Crippen molar-refractivity contribution in [3.63, 3.8) is 0 Å². The van der Waals surface area contributed by atoms with Gasteiger partial charge in [0.2, 0.25) is 0 Å². The van der Waals surface area contributed by atoms with E-state index in [1.54, 1.807) is 12.4 Å². The number of carbonyl (C=O) groups is 2. The average molecular weight is 407 g/mol. The molecule has 1 aromatic carbocycles. The van der Waals surface area contributed by atoms with Crippen LogP contribution in [0.4, 0.5) is 4.79 Å². The maximum absolute atomic E-state index is 12.5. The fourth-order valence-corrected chi connectivity index (χ4v) is 2.69. The molecule has 158 valence electrons. The molecule has 0 aliphatic carbocycles. The molecule has 0 radical (unpaired) electrons. The van der Waals surface area contributed by atoms with Crippen LogP contribution in [-0.4, -0.2) is 23.5 Å². The summed E-state index contributed by atoms with van der Waals surface area (Å²) >= 11 is 0. The number of primary amides is 1. The van der Waals surface area contributed by atoms with E-state index in [0.29, 0.717) is 25.1 Å². The van der Waals surface area contributed by atoms with E-state index in [-0.39, 0.29) is 5.91 Å². The Morgan fingerprint density at radius 2 is 1.63 bits per heavy atom. The Hall–Kier alpha value is -3.41. The number of pyridine rings is 1. The topological polar surface area (TPSA) is 97.1 Å². The van der Waals surface area contributed by atoms with Gasteiger partial charge in [-0.15, -0.1) is 0 Å². The number of urea groups is 1. The van der Waals surface area contributed by atoms with E-state index >= 15 is 0 Å². The molecule has 30 heavy (non-hydrogen) atoms. The predicted molar refractivity (Wildman–Crippen MR) is 120 cm³/mol. The van der Waals surface area contributed by atoms with Gasteiger partial charge in [0.05, 0.1) is 5.56 Å². The van der Waals surface area contributed by atoms with Gasteiger partial charge in [-0.05, 0) is 49.4 Å². The van der Waals surface area contributed by atoms with E-state index in [9.17, 15) is 9.59 Å². The standard InChI is InChI=1S/C24H30N4O2/c1-4-17(2)5-6-18(3)13-27-23(29)22-12-21(14-26-16-22)11-19-7-9-20(10-8-19)15-28-24(25)30/h5-10,12,14,16H,4,11,13,15H2,1-3H3,(H,27,29)(H3,25,28,30)/b17-5+,18-6+. The van der Waals surface area contributed by atoms with Gasteiger partial charge in [-0.3, -0.25) is 9.78 Å². The van der Waals surface area contributed by atoms with Gasteiger partial charge in [0.1, 0.15) is 0 Å². The number of nitrogens with zero attached hydrogens (tertiary/aromatic N) is 1. The fourth-order valence-electron chi connectivity index (χ4n) is 2.69. The Bertz CT molecular complexity index is 930. The lowest BCUT2D eigenvalue weighted by Crippen LogP contribution is -2.28. The van der Waals surface area contributed by atoms with Crippen molar-refractivity contribution in [2.24, 2.45) is 5.73 Å². The maximum Gasteiger partial charge on any atom is 0.312 e. The van der Waals surface area contributed by atoms with Gasteiger partial charge in [0.25, 0.3) is 5.91 Å². The molecule has 6 heteroatoms. The van der Waals surface area contributed by atoms with E-state index in [4.69, 9.17) is 5.73 Å². The van der Waals surface area contributed by atoms with Crippen molar-refractivity contribution in [1.82, 2.24) is 15.6 Å². The highest BCUT2D eigenvalue weighted by molar-refractivity contribution is 5.94. The summed E-state index contributed by atoms with van der Waals surface area (Å²) in [6.07, 6.45) is 9.15. The molecule has 4 N–H and O–H groups in total. The zero-order valence-corrected chi connectivity index (χ0v) is 17.9. The highest BCUT2D eigenvalue weighted by Crippen LogP contribution is 2.12. The summed E-state index contributed by atoms with van der Waals surface area (Å²) in [4.78, 5) is 27.5. The van der Waals surface area contributed by atoms with Crippen molar-refractivity contribution >= 4 is 11.9 Å². The van der Waals surface area contributed by atoms with Crippen LogP contribution in [0.3, 0.4) is 0 Å². The van der Waals surface area contributed by atoms with Crippen LogP contribution in [0, 0.1) is 0 Å². The summed E-state index contributed by atoms with van der Waals surface area (Å²) in [5.74, 6) is -0.138. The summed E-state index contributed by atoms with van der Waals surface area (Å²) in [7, 11) is 0. The Kier molecular flexibility index (Phi) is 8.81. The molecule has 0 aliphatic rings. The van der Waals surface area contributed by atoms with Gasteiger partial charge in [-0.25, -0.2) is 4.79 Å². The summed E-state index contributed by atoms with van der Waals surface area (Å²) in [5, 5.41) is 5.51. The molecule has 1 aromatic heterocycles. The molecule has 0 fully saturated rings. The van der Waals surface area contributed by atoms with E-state index in [2.05, 4.69) is 35.5 Å². The number of hydrogen-bond acceptors (Lipinski definition) is 3. The third-order valence-corrected chi connectivity index (χ3v) is 4.69. The SMILES string of the molecule is CC/C(C)=C/C=C(\C)CNC(=O)c1cncc(Cc2ccc(CNC(N)=O)cc2)c1. The van der Waals surface area contributed by atoms with Crippen molar-refractivity contribution in [3.8, 4) is 0 Å². The van der Waals surface area contributed by atoms with Crippen molar-refractivity contribution in [3.05, 3.63) is 88.3 Å². The molecular weight excluding hydrogens is 376 g/mol. The predicted octanol–water partition coefficient (Wildman–Crippen LogP) is 3.87. The molecule has 0 saturated carbocycles. The van der Waals surface area contributed by atoms with Crippen LogP contribution in [0.1, 0.15) is 54.2 Å². The molecular formula is C24H30N4O2. The Labute approximate surface area is 178 Å². The number of allylic oxidation sites excluding steroid dienone is 3. The van der Waals surface area contributed by atoms with Gasteiger partial charge in [-0.1, -0.05) is 54.5 Å². The van der Waals surface area contributed by atoms with Crippen LogP contribution in [0.25, 0.3) is 0 Å². The molecule has 0 saturated heterocycles. The number of amides is 3. The molecule has 2 aromatic rings. The molecule has 2 rings (SSSR count). The second-order valence-corrected chi connectivity index (χ2v) is 7.36. The maximum atomic E-state index is 12.5. The van der Waals surface area contributed by atoms with E-state index in [1.165, 1.54) is 5.57 Å². The largest absolute Gasteiger partial charge is 0.352 e. The highest BCUT2D eigenvalue weighted by atomic mass is 16.2. The van der Waals surface area contributed by atoms with Gasteiger partial charge in [-0.2, -0.15) is 0 Å². The lowest BCUT2D eigenvalue weighted by molar-refractivity contribution is 0.0956. The van der Waals surface area contributed by atoms with Crippen LogP contribution in [-0.2, 0) is 13.0 Å². The number of nitrogens with two attached hydrogens (primary N) is 1. The number of carbonyl (C=O) groups excluding carboxylic acids is 2. The van der Waals surface area contributed by atoms with Gasteiger partial charge in [0, 0.05) is 25.5 Å². The Balaban J connectivity index is 1.95. The molecule has 0 unspecified atom stereocenters. The first-order valence-corrected chi connectivity index (χ1v) is 10.0. The van der Waals surface area contributed by atoms with Crippen LogP contribution < -0.4 is 16.4 Å². The van der Waals surface area contributed by atoms with Crippen molar-refractivity contribution in [2.45, 2.75) is 40.2 Å². The van der Waals surface area contributed by atoms with Crippen LogP contribution in [0.5, 0.6) is 0 Å². The number of aromatic nitrogens is 1. The van der Waals surface area contributed by atoms with Crippen LogP contribution in [0.2, 0.25) is 0 Å². The summed E-state index contributed by atoms with van der Waals surface area (Å²) < 4.78 is 0. The molecule has 3 amide bonds. The first kappa shape index (κ1) is 22.9. The van der Waals surface area contributed by atoms with Crippen LogP contribution >= 0.6 is 0 Å². The normalized spacial score (nSPS) is 11.8. The molecule has 0 spiro atoms. The van der Waals surface area contributed by atoms with E-state index in [0.717, 1.165) is 28.7 Å². The number of benzene rings is 1. The average Bonchev–Trinajstić information content (AvgIpc) is 2.75. The monoisotopic (exact) mass is 406 g/mol. The minimum atomic E-state index is -0.543. The van der Waals surface area contributed by atoms with Crippen molar-refractivity contribution in [1.29, 1.82) is 0 Å². The summed E-state index contributed by atoms with van der Waals surface area (Å²) in [5.41, 5.74) is 11.0. The number of hydrogen-bond donors (Lipinski definition) is 3. The third kappa shape index (κ3) is 7.91. The van der Waals surface area contributed by atoms with Crippen molar-refractivity contribution in [2.75, 3.05) is 6.54 Å². The van der Waals surface area contributed by atoms with Crippen molar-refractivity contribution < 1.29 is 9.59 Å². The minimum absolute atomic E-state index is 0.138. The summed E-state index contributed by atoms with van der Waals surface area (Å²) in [6, 6.07) is 9.19. The zero-order valence-electron chi connectivity index (χ0n) is 17.9. The smallest absolute Gasteiger partial charge is 0.312 e. The minimum Gasteiger partial charge on any atom is -0.352 e. The molecule has 0 atom stereocenters. The molecule has 6 nitrogen and oxygen atoms in total. The summed E-state index contributed by atoms with van der Waals surface area (Å²) in [6.45, 7) is 7.10. The third-order valence-electron chi connectivity index (χ3n) is 4.69. The second kappa shape index (κ2) is 11.6. The Morgan fingerprint density at radius 1 is 0.967 bits per heavy atom. The van der Waals surface area contributed by atoms with Gasteiger partial charge >= 0.3 is 6.03 Å². The highest BCUT2D eigenvalue weighted by Gasteiger charge is 2.07. The lowest BCUT2D eigenvalue weighted by atomic mass is 10.0. The first-order chi connectivity index (χ1) is 14.4. The molecule has 0 aliphatic heterocycles. The zero-order chi connectivity index (χ0) is 21.9. The number of rotatable bonds is 9. The van der Waals surface area contributed by atoms with E-state index < -0.39 is 6.03 Å². The Morgan fingerprint density at radius 3 is 2.30 bits per heavy atom. The van der Waals surface area contributed by atoms with Gasteiger partial charge in [0.15, 0.2) is 0 Å². The van der Waals surface area contributed by atoms with E-state index in [1.807, 2.05) is 43.3 Å². The van der Waals surface area contributed by atoms with Crippen LogP contribution in [0.15, 0.2) is 66.0 Å². The fraction of sp³-hybridized carbons (Fsp3) is 0.292. The number of nitrogens with one attached hydrogen (secondary N) is 2. The molecule has 0 bridgehead atoms. The second-order valence-electron chi connectivity index (χ2n) is 7.36. The molecule has 1 heterocycles. The quantitative estimate of drug-likeness (QED) is 0.551. The lowest BCUT2D eigenvalue weighted by Gasteiger charge is -2.08. The first-order valence-electron chi connectivity index (χ1n) is 10.0. The van der Waals surface area contributed by atoms with Gasteiger partial charge < -0.3 is 16.4 Å².